The van der Waals surface area contributed by atoms with Crippen LogP contribution in [0, 0.1) is 0 Å². The van der Waals surface area contributed by atoms with E-state index >= 15 is 0 Å². The topological polar surface area (TPSA) is 64.6 Å². The van der Waals surface area contributed by atoms with Gasteiger partial charge in [-0.1, -0.05) is 18.9 Å². The zero-order valence-electron chi connectivity index (χ0n) is 15.6. The van der Waals surface area contributed by atoms with Crippen LogP contribution in [0.25, 0.3) is 0 Å². The summed E-state index contributed by atoms with van der Waals surface area (Å²) in [6.45, 7) is 1.38. The summed E-state index contributed by atoms with van der Waals surface area (Å²) < 4.78 is 11.3. The van der Waals surface area contributed by atoms with Gasteiger partial charge in [-0.2, -0.15) is 0 Å². The molecule has 1 saturated carbocycles. The Hall–Kier alpha value is -2.15. The smallest absolute Gasteiger partial charge is 0.278 e. The number of rotatable bonds is 5. The first kappa shape index (κ1) is 18.2. The average Bonchev–Trinajstić information content (AvgIpc) is 3.40. The standard InChI is InChI=1S/C20H25N3O3S/c1-25-17-18(22-11-10-21-17)26-15-6-4-12-23(14-15)19(24)20(8-2-3-9-20)16-7-5-13-27-16/h5,7,10-11,13,15H,2-4,6,8-9,12,14H2,1H3. The number of carbonyl (C=O) groups excluding carboxylic acids is 1. The zero-order chi connectivity index (χ0) is 18.7. The van der Waals surface area contributed by atoms with Gasteiger partial charge in [0.15, 0.2) is 0 Å². The van der Waals surface area contributed by atoms with Crippen LogP contribution in [0.2, 0.25) is 0 Å². The fourth-order valence-electron chi connectivity index (χ4n) is 4.31. The van der Waals surface area contributed by atoms with E-state index in [4.69, 9.17) is 9.47 Å². The number of aromatic nitrogens is 2. The van der Waals surface area contributed by atoms with E-state index in [0.29, 0.717) is 18.3 Å². The number of thiophene rings is 1. The molecule has 144 valence electrons. The molecule has 1 unspecified atom stereocenters. The minimum Gasteiger partial charge on any atom is -0.477 e. The summed E-state index contributed by atoms with van der Waals surface area (Å²) in [7, 11) is 1.55. The van der Waals surface area contributed by atoms with Gasteiger partial charge in [-0.05, 0) is 37.1 Å². The van der Waals surface area contributed by atoms with Crippen molar-refractivity contribution in [3.05, 3.63) is 34.8 Å². The molecule has 1 atom stereocenters. The van der Waals surface area contributed by atoms with Crippen molar-refractivity contribution in [2.75, 3.05) is 20.2 Å². The van der Waals surface area contributed by atoms with E-state index in [1.165, 1.54) is 4.88 Å². The molecule has 0 N–H and O–H groups in total. The summed E-state index contributed by atoms with van der Waals surface area (Å²) in [5.74, 6) is 1.04. The lowest BCUT2D eigenvalue weighted by Gasteiger charge is -2.38. The van der Waals surface area contributed by atoms with Crippen LogP contribution in [0.15, 0.2) is 29.9 Å². The molecule has 27 heavy (non-hydrogen) atoms. The number of methoxy groups -OCH3 is 1. The molecule has 4 rings (SSSR count). The number of amides is 1. The fourth-order valence-corrected chi connectivity index (χ4v) is 5.29. The Bertz CT molecular complexity index is 775. The number of hydrogen-bond acceptors (Lipinski definition) is 6. The van der Waals surface area contributed by atoms with Gasteiger partial charge in [0, 0.05) is 23.8 Å². The highest BCUT2D eigenvalue weighted by atomic mass is 32.1. The predicted octanol–water partition coefficient (Wildman–Crippen LogP) is 3.43. The van der Waals surface area contributed by atoms with Gasteiger partial charge in [-0.3, -0.25) is 4.79 Å². The lowest BCUT2D eigenvalue weighted by Crippen LogP contribution is -2.51. The van der Waals surface area contributed by atoms with Gasteiger partial charge in [0.05, 0.1) is 19.1 Å². The van der Waals surface area contributed by atoms with Crippen molar-refractivity contribution in [3.63, 3.8) is 0 Å². The van der Waals surface area contributed by atoms with Gasteiger partial charge in [0.1, 0.15) is 6.10 Å². The van der Waals surface area contributed by atoms with Crippen molar-refractivity contribution in [2.45, 2.75) is 50.0 Å². The van der Waals surface area contributed by atoms with E-state index in [1.54, 1.807) is 30.8 Å². The van der Waals surface area contributed by atoms with Crippen LogP contribution in [0.5, 0.6) is 11.8 Å². The van der Waals surface area contributed by atoms with E-state index in [9.17, 15) is 4.79 Å². The molecule has 0 radical (unpaired) electrons. The predicted molar refractivity (Wildman–Crippen MR) is 103 cm³/mol. The van der Waals surface area contributed by atoms with E-state index in [-0.39, 0.29) is 17.4 Å². The summed E-state index contributed by atoms with van der Waals surface area (Å²) in [4.78, 5) is 25.1. The van der Waals surface area contributed by atoms with Crippen LogP contribution in [-0.2, 0) is 10.2 Å². The van der Waals surface area contributed by atoms with Gasteiger partial charge in [0.2, 0.25) is 5.91 Å². The number of ether oxygens (including phenoxy) is 2. The second-order valence-corrected chi connectivity index (χ2v) is 8.22. The SMILES string of the molecule is COc1nccnc1OC1CCCN(C(=O)C2(c3cccs3)CCCC2)C1. The zero-order valence-corrected chi connectivity index (χ0v) is 16.4. The van der Waals surface area contributed by atoms with E-state index in [2.05, 4.69) is 27.5 Å². The molecule has 0 bridgehead atoms. The van der Waals surface area contributed by atoms with Crippen molar-refractivity contribution in [2.24, 2.45) is 0 Å². The molecule has 6 nitrogen and oxygen atoms in total. The van der Waals surface area contributed by atoms with Crippen LogP contribution in [0.3, 0.4) is 0 Å². The minimum absolute atomic E-state index is 0.0879. The summed E-state index contributed by atoms with van der Waals surface area (Å²) in [6, 6.07) is 4.17. The Balaban J connectivity index is 1.50. The summed E-state index contributed by atoms with van der Waals surface area (Å²) >= 11 is 1.71. The van der Waals surface area contributed by atoms with Gasteiger partial charge < -0.3 is 14.4 Å². The lowest BCUT2D eigenvalue weighted by atomic mass is 9.82. The quantitative estimate of drug-likeness (QED) is 0.786. The van der Waals surface area contributed by atoms with Crippen LogP contribution >= 0.6 is 11.3 Å². The maximum atomic E-state index is 13.6. The first-order valence-electron chi connectivity index (χ1n) is 9.58. The highest BCUT2D eigenvalue weighted by molar-refractivity contribution is 7.10. The molecule has 7 heteroatoms. The minimum atomic E-state index is -0.333. The molecule has 3 heterocycles. The largest absolute Gasteiger partial charge is 0.477 e. The van der Waals surface area contributed by atoms with Crippen LogP contribution in [0.1, 0.15) is 43.4 Å². The molecular weight excluding hydrogens is 362 g/mol. The number of carbonyl (C=O) groups is 1. The lowest BCUT2D eigenvalue weighted by molar-refractivity contribution is -0.140. The Kier molecular flexibility index (Phi) is 5.29. The van der Waals surface area contributed by atoms with Crippen molar-refractivity contribution in [1.82, 2.24) is 14.9 Å². The first-order chi connectivity index (χ1) is 13.2. The Morgan fingerprint density at radius 3 is 2.70 bits per heavy atom. The average molecular weight is 388 g/mol. The van der Waals surface area contributed by atoms with Crippen molar-refractivity contribution in [1.29, 1.82) is 0 Å². The third-order valence-corrected chi connectivity index (χ3v) is 6.70. The molecular formula is C20H25N3O3S. The molecule has 0 spiro atoms. The third kappa shape index (κ3) is 3.52. The molecule has 2 aliphatic rings. The van der Waals surface area contributed by atoms with Gasteiger partial charge in [-0.15, -0.1) is 11.3 Å². The molecule has 0 aromatic carbocycles. The number of likely N-dealkylation sites (tertiary alicyclic amines) is 1. The second kappa shape index (κ2) is 7.84. The molecule has 2 aromatic heterocycles. The van der Waals surface area contributed by atoms with Crippen LogP contribution < -0.4 is 9.47 Å². The third-order valence-electron chi connectivity index (χ3n) is 5.63. The highest BCUT2D eigenvalue weighted by Crippen LogP contribution is 2.45. The first-order valence-corrected chi connectivity index (χ1v) is 10.5. The number of hydrogen-bond donors (Lipinski definition) is 0. The van der Waals surface area contributed by atoms with Crippen LogP contribution in [0.4, 0.5) is 0 Å². The fraction of sp³-hybridized carbons (Fsp3) is 0.550. The Morgan fingerprint density at radius 2 is 2.00 bits per heavy atom. The highest BCUT2D eigenvalue weighted by Gasteiger charge is 2.46. The maximum absolute atomic E-state index is 13.6. The maximum Gasteiger partial charge on any atom is 0.278 e. The van der Waals surface area contributed by atoms with Gasteiger partial charge in [0.25, 0.3) is 11.8 Å². The van der Waals surface area contributed by atoms with Gasteiger partial charge in [-0.25, -0.2) is 9.97 Å². The summed E-state index contributed by atoms with van der Waals surface area (Å²) in [5.41, 5.74) is -0.333. The second-order valence-electron chi connectivity index (χ2n) is 7.27. The summed E-state index contributed by atoms with van der Waals surface area (Å²) in [5, 5.41) is 2.07. The van der Waals surface area contributed by atoms with E-state index < -0.39 is 0 Å². The molecule has 1 aliphatic carbocycles. The Labute approximate surface area is 163 Å². The monoisotopic (exact) mass is 387 g/mol. The number of piperidine rings is 1. The Morgan fingerprint density at radius 1 is 1.22 bits per heavy atom. The van der Waals surface area contributed by atoms with E-state index in [0.717, 1.165) is 45.1 Å². The number of nitrogens with zero attached hydrogens (tertiary/aromatic N) is 3. The van der Waals surface area contributed by atoms with E-state index in [1.807, 2.05) is 4.90 Å². The molecule has 1 amide bonds. The van der Waals surface area contributed by atoms with Crippen molar-refractivity contribution >= 4 is 17.2 Å². The van der Waals surface area contributed by atoms with Gasteiger partial charge >= 0.3 is 0 Å². The molecule has 2 aromatic rings. The van der Waals surface area contributed by atoms with Crippen molar-refractivity contribution in [3.8, 4) is 11.8 Å². The molecule has 2 fully saturated rings. The van der Waals surface area contributed by atoms with Crippen molar-refractivity contribution < 1.29 is 14.3 Å². The molecule has 1 aliphatic heterocycles. The molecule has 1 saturated heterocycles. The normalized spacial score (nSPS) is 21.8. The summed E-state index contributed by atoms with van der Waals surface area (Å²) in [6.07, 6.45) is 9.05. The van der Waals surface area contributed by atoms with Crippen LogP contribution in [-0.4, -0.2) is 47.1 Å².